The molecule has 3 aromatic rings. The molecule has 1 unspecified atom stereocenters. The summed E-state index contributed by atoms with van der Waals surface area (Å²) in [5, 5.41) is 10.6. The number of aryl methyl sites for hydroxylation is 1. The van der Waals surface area contributed by atoms with Crippen LogP contribution in [0.15, 0.2) is 42.5 Å². The molecular weight excluding hydrogens is 352 g/mol. The van der Waals surface area contributed by atoms with Crippen molar-refractivity contribution in [2.24, 2.45) is 13.0 Å². The van der Waals surface area contributed by atoms with E-state index in [-0.39, 0.29) is 5.91 Å². The molecule has 1 aliphatic heterocycles. The second kappa shape index (κ2) is 7.23. The van der Waals surface area contributed by atoms with Crippen LogP contribution in [0.5, 0.6) is 11.5 Å². The van der Waals surface area contributed by atoms with Crippen molar-refractivity contribution < 1.29 is 14.6 Å². The zero-order valence-electron chi connectivity index (χ0n) is 16.6. The minimum atomic E-state index is 0.0924. The predicted molar refractivity (Wildman–Crippen MR) is 110 cm³/mol. The maximum Gasteiger partial charge on any atom is 0.256 e. The van der Waals surface area contributed by atoms with E-state index < -0.39 is 0 Å². The van der Waals surface area contributed by atoms with Gasteiger partial charge in [0.15, 0.2) is 0 Å². The van der Waals surface area contributed by atoms with Gasteiger partial charge >= 0.3 is 0 Å². The molecule has 2 aromatic carbocycles. The zero-order valence-corrected chi connectivity index (χ0v) is 16.6. The maximum absolute atomic E-state index is 13.4. The quantitative estimate of drug-likeness (QED) is 0.749. The Balaban J connectivity index is 1.57. The number of fused-ring (bicyclic) bond motifs is 1. The Labute approximate surface area is 165 Å². The van der Waals surface area contributed by atoms with Crippen LogP contribution in [-0.4, -0.2) is 40.7 Å². The summed E-state index contributed by atoms with van der Waals surface area (Å²) in [5.74, 6) is 1.56. The fourth-order valence-corrected chi connectivity index (χ4v) is 4.31. The van der Waals surface area contributed by atoms with Crippen molar-refractivity contribution in [1.82, 2.24) is 9.47 Å². The van der Waals surface area contributed by atoms with E-state index in [1.54, 1.807) is 13.2 Å². The number of carbonyl (C=O) groups is 1. The number of hydrogen-bond acceptors (Lipinski definition) is 3. The minimum Gasteiger partial charge on any atom is -0.508 e. The highest BCUT2D eigenvalue weighted by molar-refractivity contribution is 6.08. The topological polar surface area (TPSA) is 54.7 Å². The minimum absolute atomic E-state index is 0.0924. The van der Waals surface area contributed by atoms with Crippen LogP contribution >= 0.6 is 0 Å². The number of aromatic hydroxyl groups is 1. The molecule has 5 nitrogen and oxygen atoms in total. The van der Waals surface area contributed by atoms with E-state index >= 15 is 0 Å². The van der Waals surface area contributed by atoms with Crippen LogP contribution in [0.1, 0.15) is 28.0 Å². The van der Waals surface area contributed by atoms with Gasteiger partial charge in [0.1, 0.15) is 11.5 Å². The van der Waals surface area contributed by atoms with Gasteiger partial charge in [-0.3, -0.25) is 4.79 Å². The van der Waals surface area contributed by atoms with Gasteiger partial charge in [0.05, 0.1) is 12.7 Å². The number of hydrogen-bond donors (Lipinski definition) is 1. The number of benzene rings is 2. The molecule has 146 valence electrons. The van der Waals surface area contributed by atoms with Gasteiger partial charge < -0.3 is 19.3 Å². The molecular formula is C23H26N2O3. The molecule has 2 heterocycles. The molecule has 1 atom stereocenters. The molecule has 1 saturated heterocycles. The van der Waals surface area contributed by atoms with Crippen molar-refractivity contribution in [3.63, 3.8) is 0 Å². The number of likely N-dealkylation sites (tertiary alicyclic amines) is 1. The molecule has 28 heavy (non-hydrogen) atoms. The van der Waals surface area contributed by atoms with Gasteiger partial charge in [-0.2, -0.15) is 0 Å². The SMILES string of the molecule is COc1ccc2c(c1)c(C(=O)N1CCC(Cc3cccc(O)c3)C1)c(C)n2C. The highest BCUT2D eigenvalue weighted by Crippen LogP contribution is 2.31. The number of amides is 1. The Morgan fingerprint density at radius 2 is 2.07 bits per heavy atom. The first kappa shape index (κ1) is 18.4. The predicted octanol–water partition coefficient (Wildman–Crippen LogP) is 3.91. The first-order valence-corrected chi connectivity index (χ1v) is 9.68. The van der Waals surface area contributed by atoms with Gasteiger partial charge in [-0.1, -0.05) is 12.1 Å². The van der Waals surface area contributed by atoms with Crippen LogP contribution < -0.4 is 4.74 Å². The Morgan fingerprint density at radius 3 is 2.82 bits per heavy atom. The lowest BCUT2D eigenvalue weighted by atomic mass is 9.98. The number of phenols is 1. The molecule has 0 radical (unpaired) electrons. The van der Waals surface area contributed by atoms with Crippen LogP contribution in [-0.2, 0) is 13.5 Å². The van der Waals surface area contributed by atoms with Crippen LogP contribution in [0, 0.1) is 12.8 Å². The smallest absolute Gasteiger partial charge is 0.256 e. The van der Waals surface area contributed by atoms with Gasteiger partial charge in [-0.15, -0.1) is 0 Å². The molecule has 1 aromatic heterocycles. The molecule has 1 N–H and O–H groups in total. The van der Waals surface area contributed by atoms with Crippen molar-refractivity contribution in [3.8, 4) is 11.5 Å². The van der Waals surface area contributed by atoms with Crippen molar-refractivity contribution in [1.29, 1.82) is 0 Å². The van der Waals surface area contributed by atoms with E-state index in [9.17, 15) is 9.90 Å². The van der Waals surface area contributed by atoms with Crippen molar-refractivity contribution in [2.75, 3.05) is 20.2 Å². The fraction of sp³-hybridized carbons (Fsp3) is 0.348. The zero-order chi connectivity index (χ0) is 19.8. The number of aromatic nitrogens is 1. The summed E-state index contributed by atoms with van der Waals surface area (Å²) in [7, 11) is 3.64. The molecule has 1 amide bonds. The third-order valence-electron chi connectivity index (χ3n) is 5.92. The summed E-state index contributed by atoms with van der Waals surface area (Å²) >= 11 is 0. The second-order valence-electron chi connectivity index (χ2n) is 7.68. The van der Waals surface area contributed by atoms with E-state index in [0.29, 0.717) is 11.7 Å². The maximum atomic E-state index is 13.4. The summed E-state index contributed by atoms with van der Waals surface area (Å²) in [6.07, 6.45) is 1.86. The van der Waals surface area contributed by atoms with Crippen molar-refractivity contribution in [2.45, 2.75) is 19.8 Å². The standard InChI is InChI=1S/C23H26N2O3/c1-15-22(20-13-19(28-3)7-8-21(20)24(15)2)23(27)25-10-9-17(14-25)11-16-5-4-6-18(26)12-16/h4-8,12-13,17,26H,9-11,14H2,1-3H3. The van der Waals surface area contributed by atoms with Gasteiger partial charge in [0.25, 0.3) is 5.91 Å². The first-order valence-electron chi connectivity index (χ1n) is 9.68. The first-order chi connectivity index (χ1) is 13.5. The van der Waals surface area contributed by atoms with Crippen LogP contribution in [0.25, 0.3) is 10.9 Å². The van der Waals surface area contributed by atoms with E-state index in [2.05, 4.69) is 4.57 Å². The average molecular weight is 378 g/mol. The number of phenolic OH excluding ortho intramolecular Hbond substituents is 1. The number of carbonyl (C=O) groups excluding carboxylic acids is 1. The number of nitrogens with zero attached hydrogens (tertiary/aromatic N) is 2. The van der Waals surface area contributed by atoms with Crippen molar-refractivity contribution >= 4 is 16.8 Å². The summed E-state index contributed by atoms with van der Waals surface area (Å²) in [5.41, 5.74) is 3.90. The average Bonchev–Trinajstić information content (AvgIpc) is 3.24. The Kier molecular flexibility index (Phi) is 4.75. The second-order valence-corrected chi connectivity index (χ2v) is 7.68. The normalized spacial score (nSPS) is 16.7. The number of methoxy groups -OCH3 is 1. The molecule has 1 fully saturated rings. The molecule has 0 aliphatic carbocycles. The third kappa shape index (κ3) is 3.21. The number of rotatable bonds is 4. The molecule has 4 rings (SSSR count). The summed E-state index contributed by atoms with van der Waals surface area (Å²) in [4.78, 5) is 15.3. The van der Waals surface area contributed by atoms with Crippen LogP contribution in [0.4, 0.5) is 0 Å². The lowest BCUT2D eigenvalue weighted by Gasteiger charge is -2.17. The lowest BCUT2D eigenvalue weighted by Crippen LogP contribution is -2.29. The molecule has 0 saturated carbocycles. The van der Waals surface area contributed by atoms with Gasteiger partial charge in [0, 0.05) is 36.7 Å². The van der Waals surface area contributed by atoms with Crippen LogP contribution in [0.2, 0.25) is 0 Å². The lowest BCUT2D eigenvalue weighted by molar-refractivity contribution is 0.0788. The summed E-state index contributed by atoms with van der Waals surface area (Å²) in [6.45, 7) is 3.51. The van der Waals surface area contributed by atoms with Gasteiger partial charge in [0.2, 0.25) is 0 Å². The van der Waals surface area contributed by atoms with E-state index in [1.165, 1.54) is 0 Å². The molecule has 0 bridgehead atoms. The fourth-order valence-electron chi connectivity index (χ4n) is 4.31. The van der Waals surface area contributed by atoms with Crippen molar-refractivity contribution in [3.05, 3.63) is 59.3 Å². The highest BCUT2D eigenvalue weighted by atomic mass is 16.5. The number of ether oxygens (including phenoxy) is 1. The highest BCUT2D eigenvalue weighted by Gasteiger charge is 2.30. The summed E-state index contributed by atoms with van der Waals surface area (Å²) in [6, 6.07) is 13.3. The third-order valence-corrected chi connectivity index (χ3v) is 5.92. The Bertz CT molecular complexity index is 1040. The molecule has 0 spiro atoms. The van der Waals surface area contributed by atoms with Gasteiger partial charge in [-0.25, -0.2) is 0 Å². The van der Waals surface area contributed by atoms with E-state index in [0.717, 1.165) is 59.4 Å². The largest absolute Gasteiger partial charge is 0.508 e. The monoisotopic (exact) mass is 378 g/mol. The Morgan fingerprint density at radius 1 is 1.25 bits per heavy atom. The molecule has 5 heteroatoms. The summed E-state index contributed by atoms with van der Waals surface area (Å²) < 4.78 is 7.44. The van der Waals surface area contributed by atoms with Crippen LogP contribution in [0.3, 0.4) is 0 Å². The van der Waals surface area contributed by atoms with Gasteiger partial charge in [-0.05, 0) is 61.6 Å². The van der Waals surface area contributed by atoms with E-state index in [4.69, 9.17) is 4.74 Å². The molecule has 1 aliphatic rings. The Hall–Kier alpha value is -2.95. The van der Waals surface area contributed by atoms with E-state index in [1.807, 2.05) is 55.3 Å².